The van der Waals surface area contributed by atoms with E-state index in [1.54, 1.807) is 0 Å². The average molecular weight is 348 g/mol. The molecule has 1 unspecified atom stereocenters. The number of unbranched alkanes of at least 4 members (excludes halogenated alkanes) is 1. The normalized spacial score (nSPS) is 11.7. The fourth-order valence-electron chi connectivity index (χ4n) is 1.79. The van der Waals surface area contributed by atoms with Crippen LogP contribution in [0, 0.1) is 5.92 Å². The van der Waals surface area contributed by atoms with Crippen molar-refractivity contribution < 1.29 is 19.2 Å². The molecule has 0 saturated heterocycles. The Hall–Kier alpha value is -1.63. The third kappa shape index (κ3) is 10.7. The molecule has 0 radical (unpaired) electrons. The number of carbonyl (C=O) groups is 4. The van der Waals surface area contributed by atoms with Crippen LogP contribution in [0.1, 0.15) is 40.0 Å². The zero-order valence-corrected chi connectivity index (χ0v) is 14.7. The van der Waals surface area contributed by atoms with Crippen LogP contribution < -0.4 is 16.0 Å². The summed E-state index contributed by atoms with van der Waals surface area (Å²) >= 11 is 5.34. The lowest BCUT2D eigenvalue weighted by atomic mass is 10.0. The van der Waals surface area contributed by atoms with Gasteiger partial charge in [0.2, 0.25) is 17.7 Å². The Bertz CT molecular complexity index is 427. The van der Waals surface area contributed by atoms with Crippen LogP contribution in [0.5, 0.6) is 0 Å². The summed E-state index contributed by atoms with van der Waals surface area (Å²) in [4.78, 5) is 45.7. The summed E-state index contributed by atoms with van der Waals surface area (Å²) in [5.41, 5.74) is 0. The highest BCUT2D eigenvalue weighted by Crippen LogP contribution is 2.03. The fourth-order valence-corrected chi connectivity index (χ4v) is 1.88. The molecule has 0 aliphatic carbocycles. The van der Waals surface area contributed by atoms with Crippen LogP contribution >= 0.6 is 11.6 Å². The number of Topliss-reactive ketones (excluding diaryl/α,β-unsaturated/α-hetero) is 1. The first-order chi connectivity index (χ1) is 10.8. The summed E-state index contributed by atoms with van der Waals surface area (Å²) in [5, 5.41) is 7.79. The van der Waals surface area contributed by atoms with Gasteiger partial charge >= 0.3 is 0 Å². The van der Waals surface area contributed by atoms with Crippen molar-refractivity contribution in [2.24, 2.45) is 5.92 Å². The fraction of sp³-hybridized carbons (Fsp3) is 0.733. The topological polar surface area (TPSA) is 104 Å². The summed E-state index contributed by atoms with van der Waals surface area (Å²) < 4.78 is 0. The molecule has 132 valence electrons. The van der Waals surface area contributed by atoms with Gasteiger partial charge < -0.3 is 16.0 Å². The minimum absolute atomic E-state index is 0.0435. The van der Waals surface area contributed by atoms with Gasteiger partial charge in [0.05, 0.1) is 6.54 Å². The lowest BCUT2D eigenvalue weighted by Crippen LogP contribution is -2.50. The molecule has 3 N–H and O–H groups in total. The van der Waals surface area contributed by atoms with Gasteiger partial charge in [-0.25, -0.2) is 0 Å². The molecule has 8 heteroatoms. The van der Waals surface area contributed by atoms with Crippen molar-refractivity contribution in [2.45, 2.75) is 46.1 Å². The predicted octanol–water partition coefficient (Wildman–Crippen LogP) is 0.358. The molecule has 0 spiro atoms. The average Bonchev–Trinajstić information content (AvgIpc) is 2.49. The smallest absolute Gasteiger partial charge is 0.243 e. The predicted molar refractivity (Wildman–Crippen MR) is 88.0 cm³/mol. The van der Waals surface area contributed by atoms with E-state index < -0.39 is 6.04 Å². The number of hydrogen-bond donors (Lipinski definition) is 3. The van der Waals surface area contributed by atoms with Gasteiger partial charge in [-0.15, -0.1) is 11.6 Å². The number of halogens is 1. The molecule has 0 bridgehead atoms. The molecular formula is C15H26ClN3O4. The summed E-state index contributed by atoms with van der Waals surface area (Å²) in [6.07, 6.45) is 1.51. The lowest BCUT2D eigenvalue weighted by Gasteiger charge is -2.21. The number of hydrogen-bond acceptors (Lipinski definition) is 4. The molecule has 0 saturated carbocycles. The molecule has 0 fully saturated rings. The highest BCUT2D eigenvalue weighted by molar-refractivity contribution is 6.27. The summed E-state index contributed by atoms with van der Waals surface area (Å²) in [5.74, 6) is -1.15. The first kappa shape index (κ1) is 21.4. The van der Waals surface area contributed by atoms with E-state index in [0.717, 1.165) is 0 Å². The highest BCUT2D eigenvalue weighted by Gasteiger charge is 2.23. The van der Waals surface area contributed by atoms with E-state index >= 15 is 0 Å². The van der Waals surface area contributed by atoms with Crippen LogP contribution in [0.3, 0.4) is 0 Å². The van der Waals surface area contributed by atoms with Crippen molar-refractivity contribution in [3.63, 3.8) is 0 Å². The Morgan fingerprint density at radius 2 is 1.65 bits per heavy atom. The van der Waals surface area contributed by atoms with E-state index in [0.29, 0.717) is 19.4 Å². The van der Waals surface area contributed by atoms with Crippen molar-refractivity contribution in [3.05, 3.63) is 0 Å². The van der Waals surface area contributed by atoms with E-state index in [1.807, 2.05) is 13.8 Å². The number of amides is 3. The van der Waals surface area contributed by atoms with Gasteiger partial charge in [-0.3, -0.25) is 19.2 Å². The third-order valence-corrected chi connectivity index (χ3v) is 3.29. The number of rotatable bonds is 11. The SMILES string of the molecule is CC(=O)CNC(=O)C(NC(=O)CCCCNC(=O)CCl)C(C)C. The summed E-state index contributed by atoms with van der Waals surface area (Å²) in [7, 11) is 0. The minimum Gasteiger partial charge on any atom is -0.355 e. The second kappa shape index (κ2) is 11.9. The Morgan fingerprint density at radius 3 is 2.17 bits per heavy atom. The van der Waals surface area contributed by atoms with Crippen LogP contribution in [0.4, 0.5) is 0 Å². The molecule has 3 amide bonds. The molecule has 0 rings (SSSR count). The maximum Gasteiger partial charge on any atom is 0.243 e. The molecule has 0 aromatic carbocycles. The lowest BCUT2D eigenvalue weighted by molar-refractivity contribution is -0.131. The second-order valence-corrected chi connectivity index (χ2v) is 5.92. The number of ketones is 1. The molecular weight excluding hydrogens is 322 g/mol. The first-order valence-corrected chi connectivity index (χ1v) is 8.20. The Balaban J connectivity index is 4.13. The molecule has 7 nitrogen and oxygen atoms in total. The summed E-state index contributed by atoms with van der Waals surface area (Å²) in [6, 6.07) is -0.669. The van der Waals surface area contributed by atoms with Crippen LogP contribution in [-0.4, -0.2) is 48.5 Å². The van der Waals surface area contributed by atoms with Crippen molar-refractivity contribution in [3.8, 4) is 0 Å². The Labute approximate surface area is 141 Å². The van der Waals surface area contributed by atoms with Gasteiger partial charge in [0.1, 0.15) is 17.7 Å². The van der Waals surface area contributed by atoms with Crippen molar-refractivity contribution in [1.82, 2.24) is 16.0 Å². The van der Waals surface area contributed by atoms with Crippen LogP contribution in [-0.2, 0) is 19.2 Å². The van der Waals surface area contributed by atoms with E-state index in [2.05, 4.69) is 16.0 Å². The summed E-state index contributed by atoms with van der Waals surface area (Å²) in [6.45, 7) is 5.44. The maximum absolute atomic E-state index is 12.0. The van der Waals surface area contributed by atoms with Crippen LogP contribution in [0.25, 0.3) is 0 Å². The standard InChI is InChI=1S/C15H26ClN3O4/c1-10(2)14(15(23)18-9-11(3)20)19-12(21)6-4-5-7-17-13(22)8-16/h10,14H,4-9H2,1-3H3,(H,17,22)(H,18,23)(H,19,21). The van der Waals surface area contributed by atoms with Crippen molar-refractivity contribution in [1.29, 1.82) is 0 Å². The largest absolute Gasteiger partial charge is 0.355 e. The van der Waals surface area contributed by atoms with E-state index in [9.17, 15) is 19.2 Å². The van der Waals surface area contributed by atoms with E-state index in [-0.39, 0.29) is 48.3 Å². The molecule has 1 atom stereocenters. The number of alkyl halides is 1. The van der Waals surface area contributed by atoms with Gasteiger partial charge in [-0.2, -0.15) is 0 Å². The van der Waals surface area contributed by atoms with Crippen molar-refractivity contribution in [2.75, 3.05) is 19.0 Å². The monoisotopic (exact) mass is 347 g/mol. The third-order valence-electron chi connectivity index (χ3n) is 3.05. The first-order valence-electron chi connectivity index (χ1n) is 7.67. The molecule has 0 aliphatic heterocycles. The van der Waals surface area contributed by atoms with Gasteiger partial charge in [0, 0.05) is 13.0 Å². The molecule has 0 aliphatic rings. The molecule has 23 heavy (non-hydrogen) atoms. The highest BCUT2D eigenvalue weighted by atomic mass is 35.5. The zero-order chi connectivity index (χ0) is 17.8. The minimum atomic E-state index is -0.669. The maximum atomic E-state index is 12.0. The van der Waals surface area contributed by atoms with Crippen molar-refractivity contribution >= 4 is 35.1 Å². The second-order valence-electron chi connectivity index (χ2n) is 5.65. The molecule has 0 aromatic heterocycles. The van der Waals surface area contributed by atoms with Gasteiger partial charge in [0.25, 0.3) is 0 Å². The van der Waals surface area contributed by atoms with E-state index in [4.69, 9.17) is 11.6 Å². The van der Waals surface area contributed by atoms with Crippen LogP contribution in [0.15, 0.2) is 0 Å². The molecule has 0 aromatic rings. The van der Waals surface area contributed by atoms with Crippen LogP contribution in [0.2, 0.25) is 0 Å². The van der Waals surface area contributed by atoms with Gasteiger partial charge in [-0.05, 0) is 25.7 Å². The molecule has 0 heterocycles. The number of nitrogens with one attached hydrogen (secondary N) is 3. The quantitative estimate of drug-likeness (QED) is 0.370. The van der Waals surface area contributed by atoms with Gasteiger partial charge in [0.15, 0.2) is 0 Å². The van der Waals surface area contributed by atoms with E-state index in [1.165, 1.54) is 6.92 Å². The van der Waals surface area contributed by atoms with Gasteiger partial charge in [-0.1, -0.05) is 13.8 Å². The Kier molecular flexibility index (Phi) is 11.0. The number of carbonyl (C=O) groups excluding carboxylic acids is 4. The zero-order valence-electron chi connectivity index (χ0n) is 13.9. The Morgan fingerprint density at radius 1 is 1.00 bits per heavy atom.